The van der Waals surface area contributed by atoms with Gasteiger partial charge in [-0.3, -0.25) is 9.59 Å². The average molecular weight is 538 g/mol. The van der Waals surface area contributed by atoms with Gasteiger partial charge in [-0.2, -0.15) is 0 Å². The molecule has 1 aromatic rings. The summed E-state index contributed by atoms with van der Waals surface area (Å²) in [6.45, 7) is 12.0. The molecule has 4 aliphatic carbocycles. The highest BCUT2D eigenvalue weighted by atomic mass is 16.5. The molecule has 0 spiro atoms. The summed E-state index contributed by atoms with van der Waals surface area (Å²) in [5.74, 6) is -0.326. The van der Waals surface area contributed by atoms with E-state index in [4.69, 9.17) is 10.5 Å². The van der Waals surface area contributed by atoms with Crippen molar-refractivity contribution < 1.29 is 24.5 Å². The quantitative estimate of drug-likeness (QED) is 0.378. The number of benzene rings is 1. The first-order chi connectivity index (χ1) is 18.2. The number of carbonyl (C=O) groups excluding carboxylic acids is 2. The number of ether oxygens (including phenoxy) is 1. The highest BCUT2D eigenvalue weighted by molar-refractivity contribution is 5.95. The van der Waals surface area contributed by atoms with Crippen molar-refractivity contribution in [2.24, 2.45) is 39.7 Å². The Hall–Kier alpha value is -2.02. The molecule has 1 aromatic carbocycles. The zero-order valence-electron chi connectivity index (χ0n) is 24.5. The monoisotopic (exact) mass is 537 g/mol. The van der Waals surface area contributed by atoms with Gasteiger partial charge in [0.2, 0.25) is 0 Å². The zero-order chi connectivity index (χ0) is 28.5. The van der Waals surface area contributed by atoms with Crippen LogP contribution in [0.2, 0.25) is 0 Å². The molecular weight excluding hydrogens is 490 g/mol. The minimum absolute atomic E-state index is 0.00661. The Morgan fingerprint density at radius 3 is 2.28 bits per heavy atom. The summed E-state index contributed by atoms with van der Waals surface area (Å²) in [4.78, 5) is 25.6. The molecule has 0 saturated heterocycles. The molecule has 4 fully saturated rings. The van der Waals surface area contributed by atoms with E-state index in [9.17, 15) is 19.8 Å². The topological polar surface area (TPSA) is 110 Å². The van der Waals surface area contributed by atoms with Crippen LogP contribution in [0.3, 0.4) is 0 Å². The van der Waals surface area contributed by atoms with E-state index in [0.29, 0.717) is 31.3 Å². The smallest absolute Gasteiger partial charge is 0.303 e. The van der Waals surface area contributed by atoms with Crippen molar-refractivity contribution in [2.75, 3.05) is 0 Å². The maximum Gasteiger partial charge on any atom is 0.303 e. The molecule has 0 amide bonds. The lowest BCUT2D eigenvalue weighted by Crippen LogP contribution is -2.71. The van der Waals surface area contributed by atoms with E-state index in [2.05, 4.69) is 20.8 Å². The number of Topliss-reactive ketones (excluding diaryl/α,β-unsaturated/α-hetero) is 1. The molecule has 10 atom stereocenters. The van der Waals surface area contributed by atoms with Crippen molar-refractivity contribution in [1.29, 1.82) is 0 Å². The number of ketones is 1. The molecule has 0 aromatic heterocycles. The normalized spacial score (nSPS) is 46.5. The van der Waals surface area contributed by atoms with Gasteiger partial charge in [-0.25, -0.2) is 0 Å². The third-order valence-corrected chi connectivity index (χ3v) is 12.1. The van der Waals surface area contributed by atoms with Crippen LogP contribution in [0.5, 0.6) is 0 Å². The summed E-state index contributed by atoms with van der Waals surface area (Å²) in [5.41, 5.74) is 8.03. The summed E-state index contributed by atoms with van der Waals surface area (Å²) in [6.07, 6.45) is 3.24. The fourth-order valence-electron chi connectivity index (χ4n) is 10.3. The minimum atomic E-state index is -0.704. The lowest BCUT2D eigenvalue weighted by atomic mass is 9.36. The van der Waals surface area contributed by atoms with Gasteiger partial charge in [0.25, 0.3) is 0 Å². The van der Waals surface area contributed by atoms with Gasteiger partial charge in [-0.05, 0) is 97.5 Å². The second-order valence-electron chi connectivity index (χ2n) is 14.1. The summed E-state index contributed by atoms with van der Waals surface area (Å²) >= 11 is 0. The molecule has 4 N–H and O–H groups in total. The number of hydrogen-bond acceptors (Lipinski definition) is 6. The Balaban J connectivity index is 1.64. The van der Waals surface area contributed by atoms with Gasteiger partial charge in [-0.1, -0.05) is 51.1 Å². The first-order valence-electron chi connectivity index (χ1n) is 14.8. The van der Waals surface area contributed by atoms with Crippen LogP contribution < -0.4 is 5.73 Å². The first kappa shape index (κ1) is 28.5. The number of aliphatic hydroxyl groups excluding tert-OH is 2. The third-order valence-electron chi connectivity index (χ3n) is 12.1. The number of allylic oxidation sites excluding steroid dienone is 1. The second-order valence-corrected chi connectivity index (χ2v) is 14.1. The molecule has 39 heavy (non-hydrogen) atoms. The third kappa shape index (κ3) is 4.16. The maximum absolute atomic E-state index is 13.2. The van der Waals surface area contributed by atoms with Crippen molar-refractivity contribution in [2.45, 2.75) is 110 Å². The highest BCUT2D eigenvalue weighted by Gasteiger charge is 2.72. The molecule has 0 unspecified atom stereocenters. The lowest BCUT2D eigenvalue weighted by molar-refractivity contribution is -0.237. The molecule has 0 bridgehead atoms. The van der Waals surface area contributed by atoms with Crippen LogP contribution in [0.1, 0.15) is 85.6 Å². The minimum Gasteiger partial charge on any atom is -0.458 e. The van der Waals surface area contributed by atoms with E-state index in [1.165, 1.54) is 6.92 Å². The van der Waals surface area contributed by atoms with Crippen LogP contribution >= 0.6 is 0 Å². The fourth-order valence-corrected chi connectivity index (χ4v) is 10.3. The Labute approximate surface area is 233 Å². The van der Waals surface area contributed by atoms with Gasteiger partial charge in [0, 0.05) is 24.5 Å². The van der Waals surface area contributed by atoms with Crippen LogP contribution in [0.15, 0.2) is 41.5 Å². The highest BCUT2D eigenvalue weighted by Crippen LogP contribution is 2.74. The maximum atomic E-state index is 13.2. The summed E-state index contributed by atoms with van der Waals surface area (Å²) in [6, 6.07) is 9.96. The summed E-state index contributed by atoms with van der Waals surface area (Å²) in [7, 11) is 0. The number of esters is 1. The van der Waals surface area contributed by atoms with Gasteiger partial charge in [0.05, 0.1) is 12.2 Å². The van der Waals surface area contributed by atoms with Crippen LogP contribution in [-0.2, 0) is 20.7 Å². The zero-order valence-corrected chi connectivity index (χ0v) is 24.5. The molecule has 0 heterocycles. The molecule has 6 heteroatoms. The molecule has 5 rings (SSSR count). The Morgan fingerprint density at radius 2 is 1.67 bits per heavy atom. The predicted molar refractivity (Wildman–Crippen MR) is 151 cm³/mol. The van der Waals surface area contributed by atoms with E-state index in [1.54, 1.807) is 6.92 Å². The largest absolute Gasteiger partial charge is 0.458 e. The molecule has 6 nitrogen and oxygen atoms in total. The van der Waals surface area contributed by atoms with Crippen LogP contribution in [-0.4, -0.2) is 45.8 Å². The predicted octanol–water partition coefficient (Wildman–Crippen LogP) is 4.75. The van der Waals surface area contributed by atoms with Crippen LogP contribution in [0.25, 0.3) is 0 Å². The SMILES string of the molecule is CC(=O)O[C@H]1C[C@@]2(C)[C@@H](C[C@@H](O)[C@H]3[C@@]4(C)CC[C@@H](O)[C@](C)(N)[C@@H]4CC[C@@]32C)/C1=C(\Cc1ccccc1)C(C)=O. The van der Waals surface area contributed by atoms with E-state index in [1.807, 2.05) is 37.3 Å². The van der Waals surface area contributed by atoms with Gasteiger partial charge in [0.1, 0.15) is 6.10 Å². The molecule has 4 saturated carbocycles. The number of carbonyl (C=O) groups is 2. The Morgan fingerprint density at radius 1 is 1.00 bits per heavy atom. The van der Waals surface area contributed by atoms with Crippen molar-refractivity contribution in [3.63, 3.8) is 0 Å². The van der Waals surface area contributed by atoms with E-state index in [-0.39, 0.29) is 45.8 Å². The van der Waals surface area contributed by atoms with Gasteiger partial charge >= 0.3 is 5.97 Å². The number of aliphatic hydroxyl groups is 2. The molecule has 0 aliphatic heterocycles. The van der Waals surface area contributed by atoms with Crippen LogP contribution in [0.4, 0.5) is 0 Å². The van der Waals surface area contributed by atoms with Crippen molar-refractivity contribution in [1.82, 2.24) is 0 Å². The summed E-state index contributed by atoms with van der Waals surface area (Å²) < 4.78 is 6.00. The lowest BCUT2D eigenvalue weighted by Gasteiger charge is -2.70. The van der Waals surface area contributed by atoms with E-state index in [0.717, 1.165) is 30.4 Å². The number of hydrogen-bond donors (Lipinski definition) is 3. The molecule has 214 valence electrons. The Bertz CT molecular complexity index is 1180. The molecule has 0 radical (unpaired) electrons. The van der Waals surface area contributed by atoms with Crippen molar-refractivity contribution in [3.8, 4) is 0 Å². The average Bonchev–Trinajstić information content (AvgIpc) is 3.12. The number of fused-ring (bicyclic) bond motifs is 5. The number of rotatable bonds is 4. The molecule has 4 aliphatic rings. The first-order valence-corrected chi connectivity index (χ1v) is 14.8. The fraction of sp³-hybridized carbons (Fsp3) is 0.697. The van der Waals surface area contributed by atoms with E-state index >= 15 is 0 Å². The number of nitrogens with two attached hydrogens (primary N) is 1. The second kappa shape index (κ2) is 9.53. The standard InChI is InChI=1S/C33H47NO5/c1-19(35)22(16-21-10-8-7-9-11-21)28-23-17-24(37)29-30(3)14-13-27(38)33(6,34)26(30)12-15-31(29,4)32(23,5)18-25(28)39-20(2)36/h7-11,23-27,29,37-38H,12-18,34H2,1-6H3/b28-22-/t23-,24+,25-,26+,27+,29-,30-,31-,32-,33+/m0/s1. The van der Waals surface area contributed by atoms with Gasteiger partial charge in [0.15, 0.2) is 5.78 Å². The van der Waals surface area contributed by atoms with Crippen molar-refractivity contribution in [3.05, 3.63) is 47.0 Å². The van der Waals surface area contributed by atoms with E-state index < -0.39 is 23.9 Å². The van der Waals surface area contributed by atoms with Crippen LogP contribution in [0, 0.1) is 34.0 Å². The Kier molecular flexibility index (Phi) is 6.96. The van der Waals surface area contributed by atoms with Crippen molar-refractivity contribution >= 4 is 11.8 Å². The summed E-state index contributed by atoms with van der Waals surface area (Å²) in [5, 5.41) is 22.9. The molecular formula is C33H47NO5. The van der Waals surface area contributed by atoms with Gasteiger partial charge < -0.3 is 20.7 Å². The van der Waals surface area contributed by atoms with Gasteiger partial charge in [-0.15, -0.1) is 0 Å².